The van der Waals surface area contributed by atoms with E-state index in [0.717, 1.165) is 50.2 Å². The van der Waals surface area contributed by atoms with Crippen LogP contribution in [0.4, 0.5) is 24.5 Å². The molecule has 1 amide bonds. The van der Waals surface area contributed by atoms with E-state index >= 15 is 0 Å². The highest BCUT2D eigenvalue weighted by Gasteiger charge is 2.34. The maximum Gasteiger partial charge on any atom is 0.417 e. The third-order valence-electron chi connectivity index (χ3n) is 7.07. The van der Waals surface area contributed by atoms with Crippen molar-refractivity contribution in [3.8, 4) is 6.07 Å². The number of hydrogen-bond acceptors (Lipinski definition) is 5. The number of amides is 1. The van der Waals surface area contributed by atoms with E-state index in [0.29, 0.717) is 44.7 Å². The monoisotopic (exact) mass is 549 g/mol. The van der Waals surface area contributed by atoms with Crippen molar-refractivity contribution < 1.29 is 18.0 Å². The standard InChI is InChI=1S/C27H31ClF3N5O.CH4/c28-22-5-8-23(9-6-22)35-15-13-33(14-16-35)10-1-3-26(37)36-12-2-11-34(17-18-36)24-7-4-21(20-32)25(19-24)27(29,30)31;/h4-9,19H,1-3,10-18H2;1H4. The summed E-state index contributed by atoms with van der Waals surface area (Å²) in [5.74, 6) is 0.0949. The van der Waals surface area contributed by atoms with E-state index in [1.807, 2.05) is 34.1 Å². The lowest BCUT2D eigenvalue weighted by molar-refractivity contribution is -0.137. The number of carbonyl (C=O) groups excluding carboxylic acids is 1. The molecule has 0 radical (unpaired) electrons. The molecule has 0 bridgehead atoms. The summed E-state index contributed by atoms with van der Waals surface area (Å²) < 4.78 is 40.1. The van der Waals surface area contributed by atoms with Gasteiger partial charge in [-0.05, 0) is 61.9 Å². The normalized spacial score (nSPS) is 17.0. The molecule has 206 valence electrons. The zero-order chi connectivity index (χ0) is 26.4. The van der Waals surface area contributed by atoms with Crippen LogP contribution in [0.1, 0.15) is 37.8 Å². The average molecular weight is 550 g/mol. The molecular weight excluding hydrogens is 515 g/mol. The Balaban J connectivity index is 0.00000400. The Hall–Kier alpha value is -2.96. The van der Waals surface area contributed by atoms with Gasteiger partial charge in [-0.3, -0.25) is 9.69 Å². The molecule has 38 heavy (non-hydrogen) atoms. The predicted molar refractivity (Wildman–Crippen MR) is 146 cm³/mol. The second-order valence-corrected chi connectivity index (χ2v) is 9.91. The number of anilines is 2. The molecule has 2 aliphatic heterocycles. The molecule has 2 saturated heterocycles. The van der Waals surface area contributed by atoms with E-state index in [2.05, 4.69) is 9.80 Å². The quantitative estimate of drug-likeness (QED) is 0.476. The molecule has 0 aromatic heterocycles. The van der Waals surface area contributed by atoms with Gasteiger partial charge in [0.2, 0.25) is 5.91 Å². The van der Waals surface area contributed by atoms with Crippen LogP contribution in [0.25, 0.3) is 0 Å². The third-order valence-corrected chi connectivity index (χ3v) is 7.32. The van der Waals surface area contributed by atoms with Crippen LogP contribution >= 0.6 is 11.6 Å². The molecule has 0 unspecified atom stereocenters. The molecule has 2 aromatic rings. The molecule has 2 aliphatic rings. The van der Waals surface area contributed by atoms with E-state index in [1.165, 1.54) is 11.8 Å². The van der Waals surface area contributed by atoms with Crippen molar-refractivity contribution >= 4 is 28.9 Å². The lowest BCUT2D eigenvalue weighted by atomic mass is 10.1. The zero-order valence-corrected chi connectivity index (χ0v) is 21.4. The van der Waals surface area contributed by atoms with Gasteiger partial charge >= 0.3 is 6.18 Å². The van der Waals surface area contributed by atoms with Gasteiger partial charge in [-0.25, -0.2) is 0 Å². The highest BCUT2D eigenvalue weighted by molar-refractivity contribution is 6.30. The maximum atomic E-state index is 13.4. The van der Waals surface area contributed by atoms with Crippen molar-refractivity contribution in [1.82, 2.24) is 9.80 Å². The summed E-state index contributed by atoms with van der Waals surface area (Å²) >= 11 is 5.98. The third kappa shape index (κ3) is 7.55. The molecule has 2 aromatic carbocycles. The number of carbonyl (C=O) groups is 1. The molecule has 6 nitrogen and oxygen atoms in total. The van der Waals surface area contributed by atoms with Crippen LogP contribution in [-0.4, -0.2) is 74.6 Å². The molecule has 0 N–H and O–H groups in total. The Morgan fingerprint density at radius 3 is 2.18 bits per heavy atom. The minimum atomic E-state index is -4.59. The molecule has 10 heteroatoms. The maximum absolute atomic E-state index is 13.4. The van der Waals surface area contributed by atoms with Gasteiger partial charge in [0, 0.05) is 75.2 Å². The first-order valence-electron chi connectivity index (χ1n) is 12.6. The summed E-state index contributed by atoms with van der Waals surface area (Å²) in [7, 11) is 0. The minimum Gasteiger partial charge on any atom is -0.370 e. The first kappa shape index (κ1) is 29.6. The van der Waals surface area contributed by atoms with E-state index in [1.54, 1.807) is 12.1 Å². The van der Waals surface area contributed by atoms with Crippen molar-refractivity contribution in [3.05, 3.63) is 58.6 Å². The number of alkyl halides is 3. The fourth-order valence-corrected chi connectivity index (χ4v) is 5.11. The second-order valence-electron chi connectivity index (χ2n) is 9.47. The lowest BCUT2D eigenvalue weighted by Crippen LogP contribution is -2.46. The fourth-order valence-electron chi connectivity index (χ4n) is 4.98. The van der Waals surface area contributed by atoms with Gasteiger partial charge in [0.1, 0.15) is 0 Å². The number of nitriles is 1. The molecule has 0 atom stereocenters. The first-order valence-corrected chi connectivity index (χ1v) is 13.0. The summed E-state index contributed by atoms with van der Waals surface area (Å²) in [4.78, 5) is 21.3. The van der Waals surface area contributed by atoms with Crippen molar-refractivity contribution in [2.45, 2.75) is 32.9 Å². The van der Waals surface area contributed by atoms with Crippen LogP contribution in [0.15, 0.2) is 42.5 Å². The molecule has 0 aliphatic carbocycles. The van der Waals surface area contributed by atoms with Gasteiger partial charge in [0.05, 0.1) is 17.2 Å². The predicted octanol–water partition coefficient (Wildman–Crippen LogP) is 5.51. The smallest absolute Gasteiger partial charge is 0.370 e. The number of benzene rings is 2. The first-order chi connectivity index (χ1) is 17.7. The number of nitrogens with zero attached hydrogens (tertiary/aromatic N) is 5. The Labute approximate surface area is 228 Å². The van der Waals surface area contributed by atoms with E-state index < -0.39 is 11.7 Å². The van der Waals surface area contributed by atoms with E-state index in [4.69, 9.17) is 16.9 Å². The van der Waals surface area contributed by atoms with Crippen LogP contribution in [0.3, 0.4) is 0 Å². The Bertz CT molecular complexity index is 1110. The SMILES string of the molecule is C.N#Cc1ccc(N2CCCN(C(=O)CCCN3CCN(c4ccc(Cl)cc4)CC3)CC2)cc1C(F)(F)F. The van der Waals surface area contributed by atoms with Crippen LogP contribution < -0.4 is 9.80 Å². The summed E-state index contributed by atoms with van der Waals surface area (Å²) in [5, 5.41) is 9.76. The topological polar surface area (TPSA) is 53.8 Å². The van der Waals surface area contributed by atoms with Gasteiger partial charge in [-0.15, -0.1) is 0 Å². The van der Waals surface area contributed by atoms with E-state index in [9.17, 15) is 18.0 Å². The average Bonchev–Trinajstić information content (AvgIpc) is 3.15. The molecular formula is C28H35ClF3N5O. The molecule has 4 rings (SSSR count). The van der Waals surface area contributed by atoms with Crippen molar-refractivity contribution in [3.63, 3.8) is 0 Å². The van der Waals surface area contributed by atoms with Gasteiger partial charge in [-0.1, -0.05) is 19.0 Å². The lowest BCUT2D eigenvalue weighted by Gasteiger charge is -2.36. The molecule has 2 heterocycles. The molecule has 0 saturated carbocycles. The van der Waals surface area contributed by atoms with Gasteiger partial charge in [0.15, 0.2) is 0 Å². The Morgan fingerprint density at radius 2 is 1.53 bits per heavy atom. The number of piperazine rings is 1. The van der Waals surface area contributed by atoms with Crippen molar-refractivity contribution in [2.75, 3.05) is 68.7 Å². The summed E-state index contributed by atoms with van der Waals surface area (Å²) in [6, 6.07) is 13.3. The Kier molecular flexibility index (Phi) is 10.3. The van der Waals surface area contributed by atoms with E-state index in [-0.39, 0.29) is 18.9 Å². The fraction of sp³-hybridized carbons (Fsp3) is 0.500. The van der Waals surface area contributed by atoms with Crippen molar-refractivity contribution in [2.24, 2.45) is 0 Å². The number of hydrogen-bond donors (Lipinski definition) is 0. The van der Waals surface area contributed by atoms with Gasteiger partial charge < -0.3 is 14.7 Å². The largest absolute Gasteiger partial charge is 0.417 e. The molecule has 2 fully saturated rings. The number of halogens is 4. The van der Waals surface area contributed by atoms with Gasteiger partial charge in [0.25, 0.3) is 0 Å². The number of rotatable bonds is 6. The Morgan fingerprint density at radius 1 is 0.895 bits per heavy atom. The zero-order valence-electron chi connectivity index (χ0n) is 20.7. The van der Waals surface area contributed by atoms with Crippen LogP contribution in [-0.2, 0) is 11.0 Å². The summed E-state index contributed by atoms with van der Waals surface area (Å²) in [6.45, 7) is 6.71. The minimum absolute atomic E-state index is 0. The van der Waals surface area contributed by atoms with Gasteiger partial charge in [-0.2, -0.15) is 18.4 Å². The van der Waals surface area contributed by atoms with Crippen LogP contribution in [0.2, 0.25) is 5.02 Å². The molecule has 0 spiro atoms. The van der Waals surface area contributed by atoms with Crippen LogP contribution in [0, 0.1) is 11.3 Å². The second kappa shape index (κ2) is 13.2. The highest BCUT2D eigenvalue weighted by Crippen LogP contribution is 2.34. The van der Waals surface area contributed by atoms with Crippen LogP contribution in [0.5, 0.6) is 0 Å². The highest BCUT2D eigenvalue weighted by atomic mass is 35.5. The van der Waals surface area contributed by atoms with Crippen molar-refractivity contribution in [1.29, 1.82) is 5.26 Å². The summed E-state index contributed by atoms with van der Waals surface area (Å²) in [6.07, 6.45) is -2.66. The summed E-state index contributed by atoms with van der Waals surface area (Å²) in [5.41, 5.74) is 0.302.